The van der Waals surface area contributed by atoms with E-state index in [1.807, 2.05) is 25.1 Å². The van der Waals surface area contributed by atoms with Crippen molar-refractivity contribution in [3.05, 3.63) is 23.8 Å². The fraction of sp³-hybridized carbons (Fsp3) is 0.533. The number of carbonyl (C=O) groups is 1. The van der Waals surface area contributed by atoms with Gasteiger partial charge in [0, 0.05) is 0 Å². The van der Waals surface area contributed by atoms with Crippen LogP contribution in [0.5, 0.6) is 5.75 Å². The van der Waals surface area contributed by atoms with Crippen molar-refractivity contribution in [2.75, 3.05) is 19.0 Å². The zero-order chi connectivity index (χ0) is 14.4. The van der Waals surface area contributed by atoms with Gasteiger partial charge in [-0.2, -0.15) is 0 Å². The van der Waals surface area contributed by atoms with Crippen LogP contribution in [0.3, 0.4) is 0 Å². The number of aliphatic hydroxyl groups excluding tert-OH is 1. The van der Waals surface area contributed by atoms with E-state index in [0.717, 1.165) is 5.56 Å². The Bertz CT molecular complexity index is 425. The highest BCUT2D eigenvalue weighted by Crippen LogP contribution is 2.29. The minimum Gasteiger partial charge on any atom is -0.495 e. The Kier molecular flexibility index (Phi) is 5.83. The zero-order valence-electron chi connectivity index (χ0n) is 12.1. The Labute approximate surface area is 114 Å². The highest BCUT2D eigenvalue weighted by Gasteiger charge is 2.17. The van der Waals surface area contributed by atoms with E-state index in [-0.39, 0.29) is 18.4 Å². The van der Waals surface area contributed by atoms with Gasteiger partial charge < -0.3 is 15.2 Å². The molecule has 106 valence electrons. The van der Waals surface area contributed by atoms with Crippen LogP contribution >= 0.6 is 0 Å². The molecule has 0 aliphatic heterocycles. The Balaban J connectivity index is 2.97. The minimum absolute atomic E-state index is 0.144. The molecule has 0 radical (unpaired) electrons. The predicted molar refractivity (Wildman–Crippen MR) is 76.6 cm³/mol. The third-order valence-electron chi connectivity index (χ3n) is 3.23. The number of anilines is 1. The third kappa shape index (κ3) is 3.96. The lowest BCUT2D eigenvalue weighted by atomic mass is 10.0. The fourth-order valence-electron chi connectivity index (χ4n) is 1.81. The summed E-state index contributed by atoms with van der Waals surface area (Å²) < 4.78 is 5.25. The maximum Gasteiger partial charge on any atom is 0.229 e. The van der Waals surface area contributed by atoms with Crippen LogP contribution in [0.1, 0.15) is 38.7 Å². The second-order valence-electron chi connectivity index (χ2n) is 4.89. The molecule has 0 aromatic heterocycles. The maximum atomic E-state index is 12.0. The van der Waals surface area contributed by atoms with Gasteiger partial charge in [0.15, 0.2) is 0 Å². The van der Waals surface area contributed by atoms with Crippen LogP contribution in [0.2, 0.25) is 0 Å². The number of nitrogens with one attached hydrogen (secondary N) is 1. The van der Waals surface area contributed by atoms with Crippen molar-refractivity contribution in [2.24, 2.45) is 5.92 Å². The van der Waals surface area contributed by atoms with Crippen LogP contribution in [0.25, 0.3) is 0 Å². The van der Waals surface area contributed by atoms with E-state index in [9.17, 15) is 4.79 Å². The molecule has 0 fully saturated rings. The molecule has 0 saturated heterocycles. The van der Waals surface area contributed by atoms with Gasteiger partial charge in [0.05, 0.1) is 25.3 Å². The van der Waals surface area contributed by atoms with Crippen molar-refractivity contribution in [3.63, 3.8) is 0 Å². The van der Waals surface area contributed by atoms with Crippen molar-refractivity contribution in [1.29, 1.82) is 0 Å². The average molecular weight is 265 g/mol. The van der Waals surface area contributed by atoms with E-state index in [1.165, 1.54) is 0 Å². The van der Waals surface area contributed by atoms with Gasteiger partial charge in [-0.1, -0.05) is 26.8 Å². The van der Waals surface area contributed by atoms with E-state index >= 15 is 0 Å². The summed E-state index contributed by atoms with van der Waals surface area (Å²) in [4.78, 5) is 12.0. The van der Waals surface area contributed by atoms with E-state index in [2.05, 4.69) is 19.2 Å². The van der Waals surface area contributed by atoms with Gasteiger partial charge in [-0.05, 0) is 30.0 Å². The number of hydrogen-bond donors (Lipinski definition) is 2. The number of ether oxygens (including phenoxy) is 1. The maximum absolute atomic E-state index is 12.0. The van der Waals surface area contributed by atoms with Gasteiger partial charge in [-0.25, -0.2) is 0 Å². The second kappa shape index (κ2) is 7.14. The molecule has 0 saturated carbocycles. The Hall–Kier alpha value is -1.55. The molecule has 4 heteroatoms. The number of carbonyl (C=O) groups excluding carboxylic acids is 1. The molecule has 4 nitrogen and oxygen atoms in total. The summed E-state index contributed by atoms with van der Waals surface area (Å²) in [6.07, 6.45) is 0.606. The van der Waals surface area contributed by atoms with Crippen molar-refractivity contribution < 1.29 is 14.6 Å². The first kappa shape index (κ1) is 15.5. The molecular weight excluding hydrogens is 242 g/mol. The highest BCUT2D eigenvalue weighted by atomic mass is 16.5. The second-order valence-corrected chi connectivity index (χ2v) is 4.89. The molecule has 1 amide bonds. The number of aliphatic hydroxyl groups is 1. The lowest BCUT2D eigenvalue weighted by molar-refractivity contribution is -0.121. The van der Waals surface area contributed by atoms with E-state index in [4.69, 9.17) is 9.84 Å². The first-order chi connectivity index (χ1) is 9.03. The van der Waals surface area contributed by atoms with Gasteiger partial charge >= 0.3 is 0 Å². The summed E-state index contributed by atoms with van der Waals surface area (Å²) in [6, 6.07) is 5.76. The summed E-state index contributed by atoms with van der Waals surface area (Å²) in [6.45, 7) is 5.92. The zero-order valence-corrected chi connectivity index (χ0v) is 12.1. The smallest absolute Gasteiger partial charge is 0.229 e. The van der Waals surface area contributed by atoms with Gasteiger partial charge in [-0.15, -0.1) is 0 Å². The quantitative estimate of drug-likeness (QED) is 0.831. The van der Waals surface area contributed by atoms with Crippen LogP contribution in [0, 0.1) is 5.92 Å². The van der Waals surface area contributed by atoms with Crippen LogP contribution in [-0.2, 0) is 4.79 Å². The number of benzene rings is 1. The molecule has 1 rings (SSSR count). The van der Waals surface area contributed by atoms with Crippen molar-refractivity contribution >= 4 is 11.6 Å². The van der Waals surface area contributed by atoms with Crippen LogP contribution < -0.4 is 10.1 Å². The largest absolute Gasteiger partial charge is 0.495 e. The lowest BCUT2D eigenvalue weighted by Crippen LogP contribution is -2.25. The van der Waals surface area contributed by atoms with Gasteiger partial charge in [0.25, 0.3) is 0 Å². The molecule has 1 atom stereocenters. The molecule has 1 aromatic rings. The summed E-state index contributed by atoms with van der Waals surface area (Å²) in [5.74, 6) is 0.448. The first-order valence-electron chi connectivity index (χ1n) is 6.63. The summed E-state index contributed by atoms with van der Waals surface area (Å²) in [5, 5.41) is 12.0. The van der Waals surface area contributed by atoms with Gasteiger partial charge in [0.1, 0.15) is 5.75 Å². The SMILES string of the molecule is CCC(CO)C(=O)Nc1cc(C(C)C)ccc1OC. The minimum atomic E-state index is -0.382. The predicted octanol–water partition coefficient (Wildman–Crippen LogP) is 2.78. The highest BCUT2D eigenvalue weighted by molar-refractivity contribution is 5.94. The standard InChI is InChI=1S/C15H23NO3/c1-5-11(9-17)15(18)16-13-8-12(10(2)3)6-7-14(13)19-4/h6-8,10-11,17H,5,9H2,1-4H3,(H,16,18). The summed E-state index contributed by atoms with van der Waals surface area (Å²) in [7, 11) is 1.57. The molecule has 1 aromatic carbocycles. The molecule has 1 unspecified atom stereocenters. The molecule has 2 N–H and O–H groups in total. The van der Waals surface area contributed by atoms with E-state index < -0.39 is 0 Å². The number of hydrogen-bond acceptors (Lipinski definition) is 3. The molecule has 0 spiro atoms. The topological polar surface area (TPSA) is 58.6 Å². The molecule has 0 aliphatic rings. The third-order valence-corrected chi connectivity index (χ3v) is 3.23. The monoisotopic (exact) mass is 265 g/mol. The molecular formula is C15H23NO3. The van der Waals surface area contributed by atoms with Crippen molar-refractivity contribution in [2.45, 2.75) is 33.1 Å². The van der Waals surface area contributed by atoms with E-state index in [1.54, 1.807) is 7.11 Å². The van der Waals surface area contributed by atoms with E-state index in [0.29, 0.717) is 23.8 Å². The van der Waals surface area contributed by atoms with Crippen LogP contribution in [0.15, 0.2) is 18.2 Å². The van der Waals surface area contributed by atoms with Gasteiger partial charge in [-0.3, -0.25) is 4.79 Å². The molecule has 0 heterocycles. The number of amides is 1. The number of methoxy groups -OCH3 is 1. The molecule has 19 heavy (non-hydrogen) atoms. The van der Waals surface area contributed by atoms with Crippen molar-refractivity contribution in [3.8, 4) is 5.75 Å². The van der Waals surface area contributed by atoms with Crippen molar-refractivity contribution in [1.82, 2.24) is 0 Å². The Morgan fingerprint density at radius 2 is 2.11 bits per heavy atom. The Morgan fingerprint density at radius 3 is 2.58 bits per heavy atom. The first-order valence-corrected chi connectivity index (χ1v) is 6.63. The Morgan fingerprint density at radius 1 is 1.42 bits per heavy atom. The molecule has 0 bridgehead atoms. The molecule has 0 aliphatic carbocycles. The fourth-order valence-corrected chi connectivity index (χ4v) is 1.81. The van der Waals surface area contributed by atoms with Crippen LogP contribution in [0.4, 0.5) is 5.69 Å². The van der Waals surface area contributed by atoms with Gasteiger partial charge in [0.2, 0.25) is 5.91 Å². The summed E-state index contributed by atoms with van der Waals surface area (Å²) in [5.41, 5.74) is 1.79. The van der Waals surface area contributed by atoms with Crippen LogP contribution in [-0.4, -0.2) is 24.7 Å². The normalized spacial score (nSPS) is 12.3. The average Bonchev–Trinajstić information content (AvgIpc) is 2.39. The lowest BCUT2D eigenvalue weighted by Gasteiger charge is -2.16. The summed E-state index contributed by atoms with van der Waals surface area (Å²) >= 11 is 0. The number of rotatable bonds is 6.